The van der Waals surface area contributed by atoms with Gasteiger partial charge in [0, 0.05) is 11.6 Å². The minimum absolute atomic E-state index is 0.116. The molecule has 0 aliphatic carbocycles. The third-order valence-corrected chi connectivity index (χ3v) is 4.87. The van der Waals surface area contributed by atoms with E-state index in [1.807, 2.05) is 0 Å². The highest BCUT2D eigenvalue weighted by atomic mass is 16.3. The highest BCUT2D eigenvalue weighted by Crippen LogP contribution is 2.29. The molecule has 1 aliphatic rings. The van der Waals surface area contributed by atoms with Crippen LogP contribution in [0.5, 0.6) is 0 Å². The van der Waals surface area contributed by atoms with Gasteiger partial charge in [-0.3, -0.25) is 0 Å². The van der Waals surface area contributed by atoms with Crippen LogP contribution in [0.4, 0.5) is 0 Å². The van der Waals surface area contributed by atoms with Crippen molar-refractivity contribution in [2.24, 2.45) is 5.41 Å². The second kappa shape index (κ2) is 8.50. The lowest BCUT2D eigenvalue weighted by Gasteiger charge is -2.31. The van der Waals surface area contributed by atoms with Crippen LogP contribution in [0.15, 0.2) is 0 Å². The maximum atomic E-state index is 9.60. The lowest BCUT2D eigenvalue weighted by molar-refractivity contribution is 0.152. The molecule has 0 aromatic carbocycles. The number of aliphatic hydroxyl groups is 1. The van der Waals surface area contributed by atoms with Crippen LogP contribution in [0.2, 0.25) is 0 Å². The van der Waals surface area contributed by atoms with Crippen LogP contribution in [-0.2, 0) is 0 Å². The minimum atomic E-state index is -0.116. The topological polar surface area (TPSA) is 35.5 Å². The van der Waals surface area contributed by atoms with Gasteiger partial charge in [0.2, 0.25) is 0 Å². The van der Waals surface area contributed by atoms with E-state index in [1.54, 1.807) is 0 Å². The Kier molecular flexibility index (Phi) is 7.66. The Balaban J connectivity index is 2.24. The Hall–Kier alpha value is -0.120. The molecule has 1 saturated heterocycles. The van der Waals surface area contributed by atoms with Gasteiger partial charge in [0.05, 0.1) is 6.61 Å². The van der Waals surface area contributed by atoms with E-state index in [0.29, 0.717) is 11.5 Å². The molecule has 0 saturated carbocycles. The first-order valence-electron chi connectivity index (χ1n) is 8.87. The van der Waals surface area contributed by atoms with Crippen molar-refractivity contribution in [2.75, 3.05) is 26.2 Å². The molecule has 0 aromatic rings. The Morgan fingerprint density at radius 2 is 1.90 bits per heavy atom. The van der Waals surface area contributed by atoms with Gasteiger partial charge >= 0.3 is 0 Å². The summed E-state index contributed by atoms with van der Waals surface area (Å²) >= 11 is 0. The number of likely N-dealkylation sites (tertiary alicyclic amines) is 1. The third-order valence-electron chi connectivity index (χ3n) is 4.87. The summed E-state index contributed by atoms with van der Waals surface area (Å²) in [6.07, 6.45) is 7.53. The maximum absolute atomic E-state index is 9.60. The van der Waals surface area contributed by atoms with Gasteiger partial charge in [0.15, 0.2) is 0 Å². The lowest BCUT2D eigenvalue weighted by Crippen LogP contribution is -2.49. The monoisotopic (exact) mass is 298 g/mol. The normalized spacial score (nSPS) is 23.0. The average molecular weight is 299 g/mol. The van der Waals surface area contributed by atoms with Crippen LogP contribution < -0.4 is 5.32 Å². The smallest absolute Gasteiger partial charge is 0.0610 e. The zero-order valence-corrected chi connectivity index (χ0v) is 15.0. The SMILES string of the molecule is CC(C)NC(C)(CO)CCCCN1CCCC(C)(C)CC1. The molecule has 21 heavy (non-hydrogen) atoms. The number of hydrogen-bond donors (Lipinski definition) is 2. The zero-order valence-electron chi connectivity index (χ0n) is 15.0. The van der Waals surface area contributed by atoms with Crippen molar-refractivity contribution in [3.05, 3.63) is 0 Å². The first-order valence-corrected chi connectivity index (χ1v) is 8.87. The number of unbranched alkanes of at least 4 members (excludes halogenated alkanes) is 1. The number of rotatable bonds is 8. The second-order valence-corrected chi connectivity index (χ2v) is 8.33. The summed E-state index contributed by atoms with van der Waals surface area (Å²) < 4.78 is 0. The fourth-order valence-corrected chi connectivity index (χ4v) is 3.45. The van der Waals surface area contributed by atoms with Crippen LogP contribution in [-0.4, -0.2) is 47.8 Å². The molecular weight excluding hydrogens is 260 g/mol. The molecule has 1 rings (SSSR count). The molecule has 3 nitrogen and oxygen atoms in total. The van der Waals surface area contributed by atoms with E-state index in [0.717, 1.165) is 6.42 Å². The van der Waals surface area contributed by atoms with Crippen molar-refractivity contribution in [1.29, 1.82) is 0 Å². The van der Waals surface area contributed by atoms with Gasteiger partial charge in [-0.2, -0.15) is 0 Å². The summed E-state index contributed by atoms with van der Waals surface area (Å²) in [7, 11) is 0. The van der Waals surface area contributed by atoms with Crippen molar-refractivity contribution in [3.8, 4) is 0 Å². The van der Waals surface area contributed by atoms with Crippen molar-refractivity contribution in [1.82, 2.24) is 10.2 Å². The molecule has 3 heteroatoms. The van der Waals surface area contributed by atoms with Crippen LogP contribution in [0.1, 0.15) is 73.1 Å². The summed E-state index contributed by atoms with van der Waals surface area (Å²) in [5, 5.41) is 13.1. The second-order valence-electron chi connectivity index (χ2n) is 8.33. The summed E-state index contributed by atoms with van der Waals surface area (Å²) in [6.45, 7) is 15.2. The number of aliphatic hydroxyl groups excluding tert-OH is 1. The van der Waals surface area contributed by atoms with Crippen LogP contribution in [0.3, 0.4) is 0 Å². The molecule has 1 fully saturated rings. The van der Waals surface area contributed by atoms with E-state index in [2.05, 4.69) is 44.8 Å². The van der Waals surface area contributed by atoms with Gasteiger partial charge in [-0.15, -0.1) is 0 Å². The maximum Gasteiger partial charge on any atom is 0.0610 e. The van der Waals surface area contributed by atoms with Crippen molar-refractivity contribution in [2.45, 2.75) is 84.7 Å². The lowest BCUT2D eigenvalue weighted by atomic mass is 9.85. The molecule has 1 aliphatic heterocycles. The first kappa shape index (κ1) is 18.9. The van der Waals surface area contributed by atoms with Gasteiger partial charge in [-0.05, 0) is 64.1 Å². The van der Waals surface area contributed by atoms with Crippen LogP contribution >= 0.6 is 0 Å². The molecule has 2 N–H and O–H groups in total. The van der Waals surface area contributed by atoms with E-state index in [4.69, 9.17) is 0 Å². The predicted octanol–water partition coefficient (Wildman–Crippen LogP) is 3.42. The molecule has 1 unspecified atom stereocenters. The summed E-state index contributed by atoms with van der Waals surface area (Å²) in [5.74, 6) is 0. The van der Waals surface area contributed by atoms with Gasteiger partial charge in [0.25, 0.3) is 0 Å². The Morgan fingerprint density at radius 1 is 1.19 bits per heavy atom. The predicted molar refractivity (Wildman–Crippen MR) is 91.7 cm³/mol. The van der Waals surface area contributed by atoms with E-state index in [-0.39, 0.29) is 12.1 Å². The highest BCUT2D eigenvalue weighted by molar-refractivity contribution is 4.84. The number of nitrogens with one attached hydrogen (secondary N) is 1. The Morgan fingerprint density at radius 3 is 2.52 bits per heavy atom. The largest absolute Gasteiger partial charge is 0.394 e. The number of hydrogen-bond acceptors (Lipinski definition) is 3. The van der Waals surface area contributed by atoms with Gasteiger partial charge < -0.3 is 15.3 Å². The average Bonchev–Trinajstić information content (AvgIpc) is 2.55. The van der Waals surface area contributed by atoms with Gasteiger partial charge in [0.1, 0.15) is 0 Å². The van der Waals surface area contributed by atoms with E-state index < -0.39 is 0 Å². The highest BCUT2D eigenvalue weighted by Gasteiger charge is 2.24. The molecule has 0 spiro atoms. The van der Waals surface area contributed by atoms with Crippen molar-refractivity contribution >= 4 is 0 Å². The zero-order chi connectivity index (χ0) is 15.9. The molecule has 0 aromatic heterocycles. The van der Waals surface area contributed by atoms with E-state index in [9.17, 15) is 5.11 Å². The quantitative estimate of drug-likeness (QED) is 0.674. The summed E-state index contributed by atoms with van der Waals surface area (Å²) in [6, 6.07) is 0.426. The molecule has 0 radical (unpaired) electrons. The van der Waals surface area contributed by atoms with Crippen LogP contribution in [0, 0.1) is 5.41 Å². The number of nitrogens with zero attached hydrogens (tertiary/aromatic N) is 1. The van der Waals surface area contributed by atoms with E-state index in [1.165, 1.54) is 51.7 Å². The summed E-state index contributed by atoms with van der Waals surface area (Å²) in [5.41, 5.74) is 0.417. The third kappa shape index (κ3) is 7.62. The Bertz CT molecular complexity index is 291. The molecule has 0 bridgehead atoms. The van der Waals surface area contributed by atoms with Crippen molar-refractivity contribution < 1.29 is 5.11 Å². The van der Waals surface area contributed by atoms with Crippen LogP contribution in [0.25, 0.3) is 0 Å². The molecule has 1 heterocycles. The molecule has 0 amide bonds. The summed E-state index contributed by atoms with van der Waals surface area (Å²) in [4.78, 5) is 2.64. The van der Waals surface area contributed by atoms with Crippen molar-refractivity contribution in [3.63, 3.8) is 0 Å². The standard InChI is InChI=1S/C18H38N2O/c1-16(2)19-18(5,15-21)10-6-7-12-20-13-8-9-17(3,4)11-14-20/h16,19,21H,6-15H2,1-5H3. The Labute approximate surface area is 132 Å². The molecule has 126 valence electrons. The van der Waals surface area contributed by atoms with Gasteiger partial charge in [-0.25, -0.2) is 0 Å². The van der Waals surface area contributed by atoms with Gasteiger partial charge in [-0.1, -0.05) is 34.1 Å². The fraction of sp³-hybridized carbons (Fsp3) is 1.00. The molecule has 1 atom stereocenters. The van der Waals surface area contributed by atoms with E-state index >= 15 is 0 Å². The minimum Gasteiger partial charge on any atom is -0.394 e. The first-order chi connectivity index (χ1) is 9.76. The fourth-order valence-electron chi connectivity index (χ4n) is 3.45. The molecular formula is C18H38N2O.